The molecule has 0 unspecified atom stereocenters. The molecule has 4 rings (SSSR count). The average Bonchev–Trinajstić information content (AvgIpc) is 3.19. The second-order valence-electron chi connectivity index (χ2n) is 7.18. The number of hydrogen-bond acceptors (Lipinski definition) is 5. The van der Waals surface area contributed by atoms with Gasteiger partial charge in [0.2, 0.25) is 5.91 Å². The van der Waals surface area contributed by atoms with Gasteiger partial charge in [0, 0.05) is 51.8 Å². The van der Waals surface area contributed by atoms with E-state index < -0.39 is 0 Å². The number of pyridine rings is 1. The number of aromatic nitrogens is 3. The van der Waals surface area contributed by atoms with Crippen LogP contribution in [0.25, 0.3) is 16.9 Å². The van der Waals surface area contributed by atoms with Gasteiger partial charge in [-0.2, -0.15) is 5.10 Å². The lowest BCUT2D eigenvalue weighted by Crippen LogP contribution is -2.26. The molecule has 3 aromatic rings. The molecule has 0 fully saturated rings. The number of carbonyl (C=O) groups excluding carboxylic acids is 1. The number of amides is 1. The number of carbonyl (C=O) groups is 1. The number of fused-ring (bicyclic) bond motifs is 1. The highest BCUT2D eigenvalue weighted by atomic mass is 16.5. The third-order valence-corrected chi connectivity index (χ3v) is 4.87. The number of hydrogen-bond donors (Lipinski definition) is 0. The van der Waals surface area contributed by atoms with Crippen molar-refractivity contribution in [3.05, 3.63) is 66.8 Å². The molecule has 1 aromatic carbocycles. The quantitative estimate of drug-likeness (QED) is 0.671. The molecule has 0 aliphatic carbocycles. The second kappa shape index (κ2) is 7.79. The molecule has 1 aliphatic rings. The first kappa shape index (κ1) is 18.7. The van der Waals surface area contributed by atoms with Crippen LogP contribution in [-0.4, -0.2) is 53.3 Å². The number of likely N-dealkylation sites (N-methyl/N-ethyl adjacent to an activating group) is 2. The van der Waals surface area contributed by atoms with Gasteiger partial charge in [-0.3, -0.25) is 14.5 Å². The summed E-state index contributed by atoms with van der Waals surface area (Å²) >= 11 is 0. The van der Waals surface area contributed by atoms with E-state index in [0.717, 1.165) is 40.4 Å². The van der Waals surface area contributed by atoms with Gasteiger partial charge in [0.15, 0.2) is 0 Å². The van der Waals surface area contributed by atoms with E-state index in [0.29, 0.717) is 0 Å². The Morgan fingerprint density at radius 1 is 1.14 bits per heavy atom. The maximum absolute atomic E-state index is 11.8. The molecule has 0 N–H and O–H groups in total. The summed E-state index contributed by atoms with van der Waals surface area (Å²) in [5.41, 5.74) is 4.06. The molecule has 0 spiro atoms. The van der Waals surface area contributed by atoms with Crippen molar-refractivity contribution in [3.8, 4) is 16.9 Å². The van der Waals surface area contributed by atoms with E-state index in [9.17, 15) is 4.79 Å². The minimum Gasteiger partial charge on any atom is -0.457 e. The van der Waals surface area contributed by atoms with Crippen molar-refractivity contribution in [3.63, 3.8) is 0 Å². The van der Waals surface area contributed by atoms with Crippen molar-refractivity contribution in [2.24, 2.45) is 0 Å². The molecule has 0 saturated heterocycles. The minimum atomic E-state index is 0.00423. The van der Waals surface area contributed by atoms with Gasteiger partial charge in [-0.05, 0) is 29.8 Å². The summed E-state index contributed by atoms with van der Waals surface area (Å²) in [5.74, 6) is 1.58. The molecule has 0 radical (unpaired) electrons. The van der Waals surface area contributed by atoms with Crippen LogP contribution in [0.1, 0.15) is 5.56 Å². The molecule has 0 atom stereocenters. The lowest BCUT2D eigenvalue weighted by molar-refractivity contribution is -0.129. The zero-order valence-corrected chi connectivity index (χ0v) is 16.7. The first-order chi connectivity index (χ1) is 14.0. The average molecular weight is 389 g/mol. The van der Waals surface area contributed by atoms with E-state index in [2.05, 4.69) is 21.1 Å². The van der Waals surface area contributed by atoms with Crippen LogP contribution in [0, 0.1) is 0 Å². The minimum absolute atomic E-state index is 0.00423. The topological polar surface area (TPSA) is 63.5 Å². The van der Waals surface area contributed by atoms with Crippen molar-refractivity contribution in [1.82, 2.24) is 19.7 Å². The Morgan fingerprint density at radius 2 is 1.93 bits per heavy atom. The van der Waals surface area contributed by atoms with Gasteiger partial charge < -0.3 is 14.5 Å². The summed E-state index contributed by atoms with van der Waals surface area (Å²) in [7, 11) is 5.52. The predicted molar refractivity (Wildman–Crippen MR) is 112 cm³/mol. The largest absolute Gasteiger partial charge is 0.457 e. The van der Waals surface area contributed by atoms with E-state index in [1.807, 2.05) is 49.8 Å². The molecular formula is C22H23N5O2. The van der Waals surface area contributed by atoms with Crippen LogP contribution in [0.4, 0.5) is 5.69 Å². The Kier molecular flexibility index (Phi) is 5.03. The lowest BCUT2D eigenvalue weighted by Gasteiger charge is -2.26. The van der Waals surface area contributed by atoms with E-state index >= 15 is 0 Å². The van der Waals surface area contributed by atoms with Crippen LogP contribution in [0.5, 0.6) is 5.75 Å². The van der Waals surface area contributed by atoms with E-state index in [4.69, 9.17) is 4.74 Å². The van der Waals surface area contributed by atoms with Crippen LogP contribution in [0.2, 0.25) is 0 Å². The first-order valence-corrected chi connectivity index (χ1v) is 9.38. The van der Waals surface area contributed by atoms with Gasteiger partial charge in [0.25, 0.3) is 0 Å². The van der Waals surface area contributed by atoms with Gasteiger partial charge in [0.1, 0.15) is 18.1 Å². The molecular weight excluding hydrogens is 366 g/mol. The number of benzene rings is 1. The van der Waals surface area contributed by atoms with Crippen LogP contribution >= 0.6 is 0 Å². The maximum atomic E-state index is 11.8. The molecule has 7 nitrogen and oxygen atoms in total. The Morgan fingerprint density at radius 3 is 2.69 bits per heavy atom. The lowest BCUT2D eigenvalue weighted by atomic mass is 10.1. The summed E-state index contributed by atoms with van der Waals surface area (Å²) in [6.07, 6.45) is 9.32. The monoisotopic (exact) mass is 389 g/mol. The Bertz CT molecular complexity index is 1050. The van der Waals surface area contributed by atoms with Crippen LogP contribution in [-0.2, 0) is 11.3 Å². The van der Waals surface area contributed by atoms with Crippen molar-refractivity contribution in [2.45, 2.75) is 6.54 Å². The summed E-state index contributed by atoms with van der Waals surface area (Å²) in [6.45, 7) is 1.01. The first-order valence-electron chi connectivity index (χ1n) is 9.38. The third-order valence-electron chi connectivity index (χ3n) is 4.87. The van der Waals surface area contributed by atoms with E-state index in [1.54, 1.807) is 36.1 Å². The van der Waals surface area contributed by atoms with E-state index in [1.165, 1.54) is 0 Å². The van der Waals surface area contributed by atoms with Crippen molar-refractivity contribution in [2.75, 3.05) is 32.6 Å². The zero-order valence-electron chi connectivity index (χ0n) is 16.7. The Balaban J connectivity index is 1.48. The predicted octanol–water partition coefficient (Wildman–Crippen LogP) is 2.90. The molecule has 7 heteroatoms. The fourth-order valence-corrected chi connectivity index (χ4v) is 3.16. The summed E-state index contributed by atoms with van der Waals surface area (Å²) in [5, 5.41) is 4.28. The zero-order chi connectivity index (χ0) is 20.4. The number of anilines is 1. The maximum Gasteiger partial charge on any atom is 0.243 e. The second-order valence-corrected chi connectivity index (χ2v) is 7.18. The molecule has 2 aromatic heterocycles. The third kappa shape index (κ3) is 3.99. The van der Waals surface area contributed by atoms with Gasteiger partial charge in [0.05, 0.1) is 17.4 Å². The fraction of sp³-hybridized carbons (Fsp3) is 0.227. The summed E-state index contributed by atoms with van der Waals surface area (Å²) in [6, 6.07) is 9.85. The van der Waals surface area contributed by atoms with Crippen LogP contribution < -0.4 is 9.64 Å². The van der Waals surface area contributed by atoms with Crippen LogP contribution in [0.3, 0.4) is 0 Å². The van der Waals surface area contributed by atoms with Gasteiger partial charge in [-0.25, -0.2) is 0 Å². The van der Waals surface area contributed by atoms with Crippen molar-refractivity contribution >= 4 is 17.4 Å². The van der Waals surface area contributed by atoms with Crippen molar-refractivity contribution in [1.29, 1.82) is 0 Å². The molecule has 3 heterocycles. The standard InChI is InChI=1S/C22H23N5O2/c1-25(2)22(28)15-27-14-17(12-24-27)16-4-6-18(7-5-16)29-21-9-11-26(3)20-8-10-23-13-19(20)21/h4-10,12-14H,11,15H2,1-3H3. The van der Waals surface area contributed by atoms with Gasteiger partial charge in [-0.1, -0.05) is 12.1 Å². The highest BCUT2D eigenvalue weighted by molar-refractivity contribution is 5.77. The molecule has 0 bridgehead atoms. The highest BCUT2D eigenvalue weighted by Gasteiger charge is 2.18. The van der Waals surface area contributed by atoms with Crippen LogP contribution in [0.15, 0.2) is 61.2 Å². The summed E-state index contributed by atoms with van der Waals surface area (Å²) < 4.78 is 7.78. The normalized spacial score (nSPS) is 12.9. The Hall–Kier alpha value is -3.61. The highest BCUT2D eigenvalue weighted by Crippen LogP contribution is 2.32. The van der Waals surface area contributed by atoms with Gasteiger partial charge in [-0.15, -0.1) is 0 Å². The molecule has 148 valence electrons. The SMILES string of the molecule is CN(C)C(=O)Cn1cc(-c2ccc(OC3=CCN(C)c4ccncc43)cc2)cn1. The smallest absolute Gasteiger partial charge is 0.243 e. The molecule has 0 saturated carbocycles. The fourth-order valence-electron chi connectivity index (χ4n) is 3.16. The summed E-state index contributed by atoms with van der Waals surface area (Å²) in [4.78, 5) is 19.8. The van der Waals surface area contributed by atoms with E-state index in [-0.39, 0.29) is 12.5 Å². The number of rotatable bonds is 5. The molecule has 1 amide bonds. The molecule has 29 heavy (non-hydrogen) atoms. The molecule has 1 aliphatic heterocycles. The number of ether oxygens (including phenoxy) is 1. The van der Waals surface area contributed by atoms with Crippen molar-refractivity contribution < 1.29 is 9.53 Å². The Labute approximate surface area is 169 Å². The number of nitrogens with zero attached hydrogens (tertiary/aromatic N) is 5. The van der Waals surface area contributed by atoms with Gasteiger partial charge >= 0.3 is 0 Å².